The molecule has 164 valence electrons. The number of hydrogen-bond acceptors (Lipinski definition) is 4. The third-order valence-electron chi connectivity index (χ3n) is 6.59. The van der Waals surface area contributed by atoms with Gasteiger partial charge in [-0.25, -0.2) is 9.37 Å². The van der Waals surface area contributed by atoms with Crippen LogP contribution in [0.4, 0.5) is 4.39 Å². The predicted molar refractivity (Wildman–Crippen MR) is 128 cm³/mol. The van der Waals surface area contributed by atoms with Gasteiger partial charge in [-0.15, -0.1) is 11.3 Å². The molecule has 1 saturated heterocycles. The van der Waals surface area contributed by atoms with Crippen LogP contribution < -0.4 is 0 Å². The Bertz CT molecular complexity index is 1400. The van der Waals surface area contributed by atoms with E-state index in [4.69, 9.17) is 5.11 Å². The molecule has 4 nitrogen and oxygen atoms in total. The molecular formula is C27H21FN2O2S. The smallest absolute Gasteiger partial charge is 0.309 e. The summed E-state index contributed by atoms with van der Waals surface area (Å²) in [6.07, 6.45) is 4.42. The van der Waals surface area contributed by atoms with E-state index in [2.05, 4.69) is 53.5 Å². The van der Waals surface area contributed by atoms with Crippen molar-refractivity contribution in [1.29, 1.82) is 0 Å². The maximum absolute atomic E-state index is 15.0. The van der Waals surface area contributed by atoms with E-state index < -0.39 is 5.97 Å². The Morgan fingerprint density at radius 3 is 2.55 bits per heavy atom. The highest BCUT2D eigenvalue weighted by Gasteiger charge is 2.38. The number of halogens is 1. The third-order valence-corrected chi connectivity index (χ3v) is 7.65. The van der Waals surface area contributed by atoms with Crippen molar-refractivity contribution in [1.82, 2.24) is 9.88 Å². The summed E-state index contributed by atoms with van der Waals surface area (Å²) < 4.78 is 16.0. The fraction of sp³-hybridized carbons (Fsp3) is 0.185. The van der Waals surface area contributed by atoms with Gasteiger partial charge < -0.3 is 5.11 Å². The van der Waals surface area contributed by atoms with Crippen LogP contribution in [0.25, 0.3) is 20.8 Å². The lowest BCUT2D eigenvalue weighted by molar-refractivity contribution is -0.147. The van der Waals surface area contributed by atoms with Crippen molar-refractivity contribution >= 4 is 27.5 Å². The van der Waals surface area contributed by atoms with Crippen molar-refractivity contribution in [3.63, 3.8) is 0 Å². The summed E-state index contributed by atoms with van der Waals surface area (Å²) in [6, 6.07) is 21.9. The van der Waals surface area contributed by atoms with Crippen LogP contribution in [0.2, 0.25) is 0 Å². The van der Waals surface area contributed by atoms with Crippen LogP contribution in [0.5, 0.6) is 0 Å². The fourth-order valence-electron chi connectivity index (χ4n) is 4.59. The summed E-state index contributed by atoms with van der Waals surface area (Å²) >= 11 is 1.50. The van der Waals surface area contributed by atoms with E-state index in [0.717, 1.165) is 15.8 Å². The van der Waals surface area contributed by atoms with E-state index in [9.17, 15) is 9.18 Å². The standard InChI is InChI=1S/C27H21FN2O2S/c28-22-12-17(14-30-15-18(16-30)26(31)32)6-8-21(22)25-29-23-9-7-20(13-24(23)33-25)27(10-11-27)19-4-2-1-3-5-19/h1-13,18H,14-16H2,(H,31,32). The first-order valence-electron chi connectivity index (χ1n) is 10.9. The fourth-order valence-corrected chi connectivity index (χ4v) is 5.62. The molecule has 1 N–H and O–H groups in total. The van der Waals surface area contributed by atoms with Crippen molar-refractivity contribution in [3.05, 3.63) is 101 Å². The van der Waals surface area contributed by atoms with Crippen molar-refractivity contribution in [2.75, 3.05) is 13.1 Å². The summed E-state index contributed by atoms with van der Waals surface area (Å²) in [6.45, 7) is 1.58. The maximum Gasteiger partial charge on any atom is 0.309 e. The van der Waals surface area contributed by atoms with Gasteiger partial charge in [0.05, 0.1) is 21.5 Å². The quantitative estimate of drug-likeness (QED) is 0.391. The number of fused-ring (bicyclic) bond motifs is 1. The first kappa shape index (κ1) is 20.3. The number of likely N-dealkylation sites (tertiary alicyclic amines) is 1. The molecule has 0 saturated carbocycles. The van der Waals surface area contributed by atoms with Crippen LogP contribution >= 0.6 is 11.3 Å². The number of rotatable bonds is 6. The summed E-state index contributed by atoms with van der Waals surface area (Å²) in [5.74, 6) is -1.38. The number of thiazole rings is 1. The van der Waals surface area contributed by atoms with Crippen molar-refractivity contribution < 1.29 is 14.3 Å². The molecule has 0 atom stereocenters. The Kier molecular flexibility index (Phi) is 4.67. The number of hydrogen-bond donors (Lipinski definition) is 1. The van der Waals surface area contributed by atoms with Gasteiger partial charge in [-0.3, -0.25) is 9.69 Å². The number of nitrogens with zero attached hydrogens (tertiary/aromatic N) is 2. The van der Waals surface area contributed by atoms with Crippen molar-refractivity contribution in [3.8, 4) is 10.6 Å². The van der Waals surface area contributed by atoms with Gasteiger partial charge in [-0.2, -0.15) is 0 Å². The van der Waals surface area contributed by atoms with Gasteiger partial charge in [0.2, 0.25) is 0 Å². The van der Waals surface area contributed by atoms with Crippen molar-refractivity contribution in [2.24, 2.45) is 5.92 Å². The molecule has 6 heteroatoms. The highest BCUT2D eigenvalue weighted by molar-refractivity contribution is 7.21. The second-order valence-electron chi connectivity index (χ2n) is 8.81. The average molecular weight is 457 g/mol. The molecule has 4 aromatic rings. The van der Waals surface area contributed by atoms with Crippen LogP contribution in [-0.4, -0.2) is 34.0 Å². The van der Waals surface area contributed by atoms with Gasteiger partial charge >= 0.3 is 5.97 Å². The van der Waals surface area contributed by atoms with E-state index >= 15 is 0 Å². The van der Waals surface area contributed by atoms with Gasteiger partial charge in [0.1, 0.15) is 10.8 Å². The van der Waals surface area contributed by atoms with Gasteiger partial charge in [0.25, 0.3) is 0 Å². The molecule has 1 fully saturated rings. The molecule has 0 spiro atoms. The normalized spacial score (nSPS) is 17.2. The number of carbonyl (C=O) groups is 1. The van der Waals surface area contributed by atoms with Gasteiger partial charge in [0.15, 0.2) is 0 Å². The van der Waals surface area contributed by atoms with Gasteiger partial charge in [-0.1, -0.05) is 54.6 Å². The van der Waals surface area contributed by atoms with Crippen LogP contribution in [-0.2, 0) is 16.8 Å². The molecule has 1 aromatic heterocycles. The van der Waals surface area contributed by atoms with Crippen molar-refractivity contribution in [2.45, 2.75) is 12.0 Å². The lowest BCUT2D eigenvalue weighted by Crippen LogP contribution is -2.49. The molecule has 2 heterocycles. The molecule has 0 unspecified atom stereocenters. The minimum atomic E-state index is -0.765. The van der Waals surface area contributed by atoms with E-state index in [-0.39, 0.29) is 17.2 Å². The lowest BCUT2D eigenvalue weighted by atomic mass is 9.86. The molecule has 0 radical (unpaired) electrons. The lowest BCUT2D eigenvalue weighted by Gasteiger charge is -2.36. The molecule has 0 bridgehead atoms. The van der Waals surface area contributed by atoms with Crippen LogP contribution in [0.15, 0.2) is 78.9 Å². The van der Waals surface area contributed by atoms with Crippen LogP contribution in [0.1, 0.15) is 16.7 Å². The topological polar surface area (TPSA) is 53.4 Å². The molecular weight excluding hydrogens is 435 g/mol. The molecule has 2 aliphatic rings. The SMILES string of the molecule is O=C(O)C1CN(Cc2ccc(-c3nc4ccc(C5(c6ccccc6)C=C5)cc4s3)c(F)c2)C1. The monoisotopic (exact) mass is 456 g/mol. The Hall–Kier alpha value is -3.35. The molecule has 6 rings (SSSR count). The molecule has 33 heavy (non-hydrogen) atoms. The highest BCUT2D eigenvalue weighted by Crippen LogP contribution is 2.46. The predicted octanol–water partition coefficient (Wildman–Crippen LogP) is 5.47. The summed E-state index contributed by atoms with van der Waals surface area (Å²) in [5.41, 5.74) is 4.49. The average Bonchev–Trinajstić information content (AvgIpc) is 3.49. The zero-order chi connectivity index (χ0) is 22.6. The largest absolute Gasteiger partial charge is 0.481 e. The van der Waals surface area contributed by atoms with E-state index in [1.54, 1.807) is 12.1 Å². The first-order valence-corrected chi connectivity index (χ1v) is 11.7. The molecule has 1 aliphatic heterocycles. The Balaban J connectivity index is 1.25. The number of allylic oxidation sites excluding steroid dienone is 2. The van der Waals surface area contributed by atoms with E-state index in [0.29, 0.717) is 30.2 Å². The minimum absolute atomic E-state index is 0.150. The third kappa shape index (κ3) is 3.56. The number of aromatic nitrogens is 1. The second-order valence-corrected chi connectivity index (χ2v) is 9.84. The summed E-state index contributed by atoms with van der Waals surface area (Å²) in [4.78, 5) is 17.7. The molecule has 3 aromatic carbocycles. The van der Waals surface area contributed by atoms with E-state index in [1.165, 1.54) is 22.5 Å². The highest BCUT2D eigenvalue weighted by atomic mass is 32.1. The summed E-state index contributed by atoms with van der Waals surface area (Å²) in [5, 5.41) is 9.68. The maximum atomic E-state index is 15.0. The van der Waals surface area contributed by atoms with Crippen LogP contribution in [0, 0.1) is 11.7 Å². The Morgan fingerprint density at radius 1 is 1.06 bits per heavy atom. The Labute approximate surface area is 194 Å². The number of benzene rings is 3. The first-order chi connectivity index (χ1) is 16.0. The number of carboxylic acids is 1. The van der Waals surface area contributed by atoms with Gasteiger partial charge in [-0.05, 0) is 41.0 Å². The van der Waals surface area contributed by atoms with Gasteiger partial charge in [0, 0.05) is 25.2 Å². The minimum Gasteiger partial charge on any atom is -0.481 e. The molecule has 1 aliphatic carbocycles. The Morgan fingerprint density at radius 2 is 1.85 bits per heavy atom. The zero-order valence-electron chi connectivity index (χ0n) is 17.7. The second kappa shape index (κ2) is 7.61. The number of aliphatic carboxylic acids is 1. The molecule has 0 amide bonds. The zero-order valence-corrected chi connectivity index (χ0v) is 18.6. The van der Waals surface area contributed by atoms with Crippen LogP contribution in [0.3, 0.4) is 0 Å². The summed E-state index contributed by atoms with van der Waals surface area (Å²) in [7, 11) is 0. The number of carboxylic acid groups (broad SMARTS) is 1. The van der Waals surface area contributed by atoms with E-state index in [1.807, 2.05) is 23.1 Å².